The lowest BCUT2D eigenvalue weighted by molar-refractivity contribution is 0.749. The molecule has 17 rings (SSSR count). The average Bonchev–Trinajstić information content (AvgIpc) is 4.33. The second-order valence-electron chi connectivity index (χ2n) is 21.6. The Morgan fingerprint density at radius 3 is 1.60 bits per heavy atom. The molecule has 2 aliphatic rings. The Bertz CT molecular complexity index is 4970. The fraction of sp³-hybridized carbons (Fsp3) is 0.0130. The highest BCUT2D eigenvalue weighted by Crippen LogP contribution is 2.61. The van der Waals surface area contributed by atoms with Gasteiger partial charge in [0, 0.05) is 44.2 Å². The lowest BCUT2D eigenvalue weighted by Crippen LogP contribution is -2.33. The molecular weight excluding hydrogens is 967 g/mol. The highest BCUT2D eigenvalue weighted by molar-refractivity contribution is 6.13. The smallest absolute Gasteiger partial charge is 0.0754 e. The summed E-state index contributed by atoms with van der Waals surface area (Å²) in [5.41, 5.74) is 25.0. The number of benzene rings is 13. The van der Waals surface area contributed by atoms with Crippen LogP contribution in [0.25, 0.3) is 110 Å². The summed E-state index contributed by atoms with van der Waals surface area (Å²) in [6, 6.07) is 110. The average molecular weight is 1020 g/mol. The van der Waals surface area contributed by atoms with E-state index in [4.69, 9.17) is 0 Å². The molecule has 1 unspecified atom stereocenters. The molecule has 3 heterocycles. The Kier molecular flexibility index (Phi) is 9.63. The summed E-state index contributed by atoms with van der Waals surface area (Å²) >= 11 is 0. The Labute approximate surface area is 463 Å². The van der Waals surface area contributed by atoms with E-state index < -0.39 is 5.41 Å². The maximum absolute atomic E-state index is 2.52. The summed E-state index contributed by atoms with van der Waals surface area (Å²) in [7, 11) is 0. The highest BCUT2D eigenvalue weighted by Gasteiger charge is 2.51. The molecule has 0 fully saturated rings. The molecule has 3 heteroatoms. The molecule has 1 spiro atoms. The molecule has 2 aromatic heterocycles. The van der Waals surface area contributed by atoms with Crippen LogP contribution in [0, 0.1) is 0 Å². The molecule has 1 aliphatic carbocycles. The minimum Gasteiger partial charge on any atom is -0.310 e. The van der Waals surface area contributed by atoms with Crippen molar-refractivity contribution in [3.8, 4) is 55.9 Å². The molecule has 13 aromatic carbocycles. The van der Waals surface area contributed by atoms with Crippen LogP contribution in [0.4, 0.5) is 17.1 Å². The van der Waals surface area contributed by atoms with E-state index in [1.54, 1.807) is 0 Å². The van der Waals surface area contributed by atoms with Crippen molar-refractivity contribution in [2.45, 2.75) is 5.41 Å². The molecule has 0 saturated carbocycles. The highest BCUT2D eigenvalue weighted by atomic mass is 15.1. The van der Waals surface area contributed by atoms with Gasteiger partial charge in [0.25, 0.3) is 0 Å². The van der Waals surface area contributed by atoms with Crippen molar-refractivity contribution in [1.29, 1.82) is 0 Å². The number of aromatic nitrogens is 2. The third-order valence-electron chi connectivity index (χ3n) is 17.5. The van der Waals surface area contributed by atoms with Crippen LogP contribution in [0.3, 0.4) is 0 Å². The van der Waals surface area contributed by atoms with Crippen LogP contribution in [0.1, 0.15) is 22.3 Å². The van der Waals surface area contributed by atoms with Crippen LogP contribution in [0.2, 0.25) is 0 Å². The molecular formula is C77H49N3. The van der Waals surface area contributed by atoms with Crippen molar-refractivity contribution < 1.29 is 0 Å². The van der Waals surface area contributed by atoms with Gasteiger partial charge in [-0.15, -0.1) is 0 Å². The first-order chi connectivity index (χ1) is 39.7. The molecule has 3 nitrogen and oxygen atoms in total. The van der Waals surface area contributed by atoms with Crippen molar-refractivity contribution in [2.24, 2.45) is 0 Å². The predicted molar refractivity (Wildman–Crippen MR) is 334 cm³/mol. The first-order valence-corrected chi connectivity index (χ1v) is 27.7. The first kappa shape index (κ1) is 44.6. The van der Waals surface area contributed by atoms with Gasteiger partial charge in [0.15, 0.2) is 0 Å². The second kappa shape index (κ2) is 17.3. The number of fused-ring (bicyclic) bond motifs is 16. The van der Waals surface area contributed by atoms with Crippen LogP contribution >= 0.6 is 0 Å². The Balaban J connectivity index is 0.810. The van der Waals surface area contributed by atoms with Gasteiger partial charge in [-0.1, -0.05) is 212 Å². The van der Waals surface area contributed by atoms with Crippen LogP contribution < -0.4 is 4.90 Å². The van der Waals surface area contributed by atoms with Crippen LogP contribution in [0.15, 0.2) is 297 Å². The summed E-state index contributed by atoms with van der Waals surface area (Å²) in [6.07, 6.45) is 0. The lowest BCUT2D eigenvalue weighted by atomic mass is 9.65. The molecule has 1 atom stereocenters. The molecule has 0 N–H and O–H groups in total. The van der Waals surface area contributed by atoms with E-state index in [0.29, 0.717) is 0 Å². The monoisotopic (exact) mass is 1020 g/mol. The number of para-hydroxylation sites is 6. The van der Waals surface area contributed by atoms with E-state index >= 15 is 0 Å². The van der Waals surface area contributed by atoms with Gasteiger partial charge in [-0.05, 0) is 157 Å². The maximum Gasteiger partial charge on any atom is 0.0754 e. The lowest BCUT2D eigenvalue weighted by Gasteiger charge is -2.39. The van der Waals surface area contributed by atoms with Gasteiger partial charge < -0.3 is 14.0 Å². The number of nitrogens with zero attached hydrogens (tertiary/aromatic N) is 3. The molecule has 80 heavy (non-hydrogen) atoms. The van der Waals surface area contributed by atoms with Gasteiger partial charge in [-0.25, -0.2) is 0 Å². The SMILES string of the molecule is c1ccc(-c2cccc(-c3ccccc3N(c3ccc(-n4c5ccccc5c5ccccc54)cc3)c3ccc4cc(-c5ccc6c(c5)C5(c7ccccc7-6)c6ccccc6-n6c7ccccc7c7cccc5c76)ccc4c3)c2)cc1. The van der Waals surface area contributed by atoms with E-state index in [2.05, 4.69) is 311 Å². The summed E-state index contributed by atoms with van der Waals surface area (Å²) in [4.78, 5) is 2.44. The fourth-order valence-electron chi connectivity index (χ4n) is 14.1. The summed E-state index contributed by atoms with van der Waals surface area (Å²) in [6.45, 7) is 0. The van der Waals surface area contributed by atoms with Gasteiger partial charge in [0.05, 0.1) is 38.9 Å². The Morgan fingerprint density at radius 2 is 0.800 bits per heavy atom. The zero-order valence-corrected chi connectivity index (χ0v) is 43.6. The quantitative estimate of drug-likeness (QED) is 0.155. The van der Waals surface area contributed by atoms with Gasteiger partial charge in [-0.2, -0.15) is 0 Å². The molecule has 0 bridgehead atoms. The minimum atomic E-state index is -0.515. The summed E-state index contributed by atoms with van der Waals surface area (Å²) in [5.74, 6) is 0. The number of hydrogen-bond acceptors (Lipinski definition) is 1. The van der Waals surface area contributed by atoms with Crippen molar-refractivity contribution in [2.75, 3.05) is 4.90 Å². The van der Waals surface area contributed by atoms with Gasteiger partial charge in [-0.3, -0.25) is 0 Å². The van der Waals surface area contributed by atoms with E-state index in [9.17, 15) is 0 Å². The summed E-state index contributed by atoms with van der Waals surface area (Å²) in [5, 5.41) is 7.44. The van der Waals surface area contributed by atoms with Crippen molar-refractivity contribution in [3.05, 3.63) is 320 Å². The summed E-state index contributed by atoms with van der Waals surface area (Å²) < 4.78 is 4.91. The molecule has 1 aliphatic heterocycles. The maximum atomic E-state index is 2.52. The van der Waals surface area contributed by atoms with Gasteiger partial charge >= 0.3 is 0 Å². The predicted octanol–water partition coefficient (Wildman–Crippen LogP) is 20.2. The third kappa shape index (κ3) is 6.37. The fourth-order valence-corrected chi connectivity index (χ4v) is 14.1. The van der Waals surface area contributed by atoms with Crippen molar-refractivity contribution in [3.63, 3.8) is 0 Å². The largest absolute Gasteiger partial charge is 0.310 e. The van der Waals surface area contributed by atoms with Gasteiger partial charge in [0.2, 0.25) is 0 Å². The number of rotatable bonds is 7. The zero-order valence-electron chi connectivity index (χ0n) is 43.6. The second-order valence-corrected chi connectivity index (χ2v) is 21.6. The topological polar surface area (TPSA) is 13.1 Å². The van der Waals surface area contributed by atoms with Crippen LogP contribution in [0.5, 0.6) is 0 Å². The minimum absolute atomic E-state index is 0.515. The number of anilines is 3. The van der Waals surface area contributed by atoms with Crippen LogP contribution in [-0.4, -0.2) is 9.13 Å². The third-order valence-corrected chi connectivity index (χ3v) is 17.5. The Hall–Kier alpha value is -10.5. The van der Waals surface area contributed by atoms with E-state index in [-0.39, 0.29) is 0 Å². The van der Waals surface area contributed by atoms with Gasteiger partial charge in [0.1, 0.15) is 0 Å². The molecule has 0 radical (unpaired) electrons. The Morgan fingerprint density at radius 1 is 0.275 bits per heavy atom. The standard InChI is InChI=1S/C77H49N3/c1-2-18-50(19-3-1)51-20-16-21-56(47-51)60-22-5-11-31-71(60)78(57-41-43-58(44-42-57)79-72-32-12-6-24-63(72)64-25-7-13-33-73(64)79)59-40-38-53-46-52(36-37-54(53)48-59)55-39-45-62-61-23-4-9-28-67(61)77(70(62)49-55)68-29-10-15-35-75(68)80-74-34-14-8-26-65(74)66-27-17-30-69(77)76(66)80/h1-49H. The normalized spacial score (nSPS) is 14.1. The van der Waals surface area contributed by atoms with E-state index in [1.807, 2.05) is 0 Å². The molecule has 0 amide bonds. The van der Waals surface area contributed by atoms with E-state index in [0.717, 1.165) is 33.9 Å². The molecule has 372 valence electrons. The zero-order chi connectivity index (χ0) is 52.5. The van der Waals surface area contributed by atoms with Crippen molar-refractivity contribution >= 4 is 71.4 Å². The first-order valence-electron chi connectivity index (χ1n) is 27.7. The van der Waals surface area contributed by atoms with Crippen molar-refractivity contribution in [1.82, 2.24) is 9.13 Å². The number of hydrogen-bond donors (Lipinski definition) is 0. The molecule has 0 saturated heterocycles. The van der Waals surface area contributed by atoms with E-state index in [1.165, 1.54) is 116 Å². The molecule has 15 aromatic rings. The van der Waals surface area contributed by atoms with Crippen LogP contribution in [-0.2, 0) is 5.41 Å².